The summed E-state index contributed by atoms with van der Waals surface area (Å²) in [6, 6.07) is 8.62. The third-order valence-corrected chi connectivity index (χ3v) is 12.4. The Morgan fingerprint density at radius 1 is 0.982 bits per heavy atom. The molecule has 2 atom stereocenters. The van der Waals surface area contributed by atoms with Crippen molar-refractivity contribution >= 4 is 58.2 Å². The lowest BCUT2D eigenvalue weighted by molar-refractivity contribution is -0.136. The summed E-state index contributed by atoms with van der Waals surface area (Å²) in [4.78, 5) is 75.3. The normalized spacial score (nSPS) is 20.0. The van der Waals surface area contributed by atoms with Crippen molar-refractivity contribution in [2.45, 2.75) is 58.7 Å². The highest BCUT2D eigenvalue weighted by atomic mass is 35.5. The number of imide groups is 2. The van der Waals surface area contributed by atoms with Crippen LogP contribution in [0, 0.1) is 26.6 Å². The number of carbonyl (C=O) groups is 5. The average Bonchev–Trinajstić information content (AvgIpc) is 3.73. The van der Waals surface area contributed by atoms with Crippen molar-refractivity contribution in [3.8, 4) is 5.00 Å². The van der Waals surface area contributed by atoms with E-state index in [4.69, 9.17) is 16.6 Å². The predicted octanol–water partition coefficient (Wildman–Crippen LogP) is 3.66. The van der Waals surface area contributed by atoms with E-state index >= 15 is 4.39 Å². The first-order chi connectivity index (χ1) is 26.9. The second kappa shape index (κ2) is 15.1. The minimum Gasteiger partial charge on any atom is -0.355 e. The van der Waals surface area contributed by atoms with Crippen LogP contribution in [0.3, 0.4) is 0 Å². The van der Waals surface area contributed by atoms with Gasteiger partial charge in [0, 0.05) is 73.3 Å². The summed E-state index contributed by atoms with van der Waals surface area (Å²) in [5.74, 6) is -2.45. The van der Waals surface area contributed by atoms with Crippen LogP contribution >= 0.6 is 22.9 Å². The molecule has 0 spiro atoms. The van der Waals surface area contributed by atoms with Crippen molar-refractivity contribution in [3.05, 3.63) is 97.1 Å². The summed E-state index contributed by atoms with van der Waals surface area (Å²) in [6.07, 6.45) is 0.0744. The Morgan fingerprint density at radius 2 is 1.71 bits per heavy atom. The molecule has 0 bridgehead atoms. The molecule has 0 radical (unpaired) electrons. The molecule has 5 amide bonds. The van der Waals surface area contributed by atoms with Crippen LogP contribution in [0.25, 0.3) is 5.00 Å². The predicted molar refractivity (Wildman–Crippen MR) is 206 cm³/mol. The lowest BCUT2D eigenvalue weighted by Gasteiger charge is -2.34. The molecule has 2 fully saturated rings. The van der Waals surface area contributed by atoms with Gasteiger partial charge in [-0.3, -0.25) is 53.5 Å². The van der Waals surface area contributed by atoms with Crippen LogP contribution in [0.4, 0.5) is 4.39 Å². The molecular weight excluding hydrogens is 761 g/mol. The fourth-order valence-corrected chi connectivity index (χ4v) is 9.20. The van der Waals surface area contributed by atoms with E-state index in [1.807, 2.05) is 35.8 Å². The number of aryl methyl sites for hydroxylation is 2. The maximum absolute atomic E-state index is 15.3. The Morgan fingerprint density at radius 3 is 2.45 bits per heavy atom. The zero-order valence-corrected chi connectivity index (χ0v) is 32.6. The van der Waals surface area contributed by atoms with Gasteiger partial charge >= 0.3 is 0 Å². The van der Waals surface area contributed by atoms with Crippen molar-refractivity contribution in [1.29, 1.82) is 0 Å². The Bertz CT molecular complexity index is 2330. The highest BCUT2D eigenvalue weighted by Crippen LogP contribution is 2.39. The monoisotopic (exact) mass is 799 g/mol. The number of nitrogens with zero attached hydrogens (tertiary/aromatic N) is 7. The maximum Gasteiger partial charge on any atom is 0.265 e. The molecule has 0 saturated carbocycles. The molecule has 8 rings (SSSR count). The molecule has 4 aromatic rings. The van der Waals surface area contributed by atoms with Crippen LogP contribution in [0.1, 0.15) is 84.8 Å². The van der Waals surface area contributed by atoms with Gasteiger partial charge in [0.25, 0.3) is 11.8 Å². The van der Waals surface area contributed by atoms with Crippen molar-refractivity contribution in [3.63, 3.8) is 0 Å². The maximum atomic E-state index is 15.3. The Balaban J connectivity index is 0.873. The Kier molecular flexibility index (Phi) is 10.2. The van der Waals surface area contributed by atoms with Gasteiger partial charge in [0.1, 0.15) is 28.7 Å². The van der Waals surface area contributed by atoms with E-state index in [1.54, 1.807) is 11.3 Å². The lowest BCUT2D eigenvalue weighted by atomic mass is 9.99. The van der Waals surface area contributed by atoms with E-state index in [0.29, 0.717) is 62.2 Å². The van der Waals surface area contributed by atoms with Crippen LogP contribution in [0.15, 0.2) is 41.4 Å². The molecule has 14 nitrogen and oxygen atoms in total. The zero-order chi connectivity index (χ0) is 39.4. The summed E-state index contributed by atoms with van der Waals surface area (Å²) in [7, 11) is 0. The number of hydrogen-bond donors (Lipinski definition) is 2. The van der Waals surface area contributed by atoms with Gasteiger partial charge in [-0.2, -0.15) is 0 Å². The highest BCUT2D eigenvalue weighted by Gasteiger charge is 2.46. The summed E-state index contributed by atoms with van der Waals surface area (Å²) < 4.78 is 17.3. The fraction of sp³-hybridized carbons (Fsp3) is 0.385. The molecule has 4 aliphatic rings. The van der Waals surface area contributed by atoms with Gasteiger partial charge in [0.2, 0.25) is 17.7 Å². The van der Waals surface area contributed by atoms with Crippen LogP contribution in [0.2, 0.25) is 5.02 Å². The first-order valence-corrected chi connectivity index (χ1v) is 19.7. The smallest absolute Gasteiger partial charge is 0.265 e. The summed E-state index contributed by atoms with van der Waals surface area (Å²) in [5.41, 5.74) is 3.93. The number of aromatic nitrogens is 3. The van der Waals surface area contributed by atoms with E-state index < -0.39 is 41.5 Å². The standard InChI is InChI=1S/C39H39ClFN9O5S/c1-20-21(2)56-39-32(20)34(24-4-6-25(40)7-5-24)43-28(35-46-45-22(3)49(35)39)18-31(52)42-10-11-47-12-14-48(15-13-47)19-23-16-26-33(27(41)17-23)38(55)50(37(26)54)29-8-9-30(51)44-36(29)53/h4-7,16-17,28-29H,8-15,18-19H2,1-3H3,(H,42,52)(H,44,51,53)/t28-,29?/m0/s1. The minimum absolute atomic E-state index is 0.000691. The molecule has 4 aliphatic heterocycles. The number of amides is 5. The molecule has 2 N–H and O–H groups in total. The number of hydrogen-bond acceptors (Lipinski definition) is 11. The number of halogens is 2. The molecule has 2 aromatic heterocycles. The average molecular weight is 800 g/mol. The molecule has 6 heterocycles. The molecule has 2 saturated heterocycles. The summed E-state index contributed by atoms with van der Waals surface area (Å²) in [6.45, 7) is 10.3. The number of benzene rings is 2. The zero-order valence-electron chi connectivity index (χ0n) is 31.0. The summed E-state index contributed by atoms with van der Waals surface area (Å²) in [5, 5.41) is 15.7. The summed E-state index contributed by atoms with van der Waals surface area (Å²) >= 11 is 7.89. The molecule has 2 aromatic carbocycles. The van der Waals surface area contributed by atoms with Crippen LogP contribution in [-0.4, -0.2) is 110 Å². The molecule has 290 valence electrons. The Labute approximate surface area is 330 Å². The first-order valence-electron chi connectivity index (χ1n) is 18.5. The number of fused-ring (bicyclic) bond motifs is 4. The van der Waals surface area contributed by atoms with E-state index in [2.05, 4.69) is 44.5 Å². The lowest BCUT2D eigenvalue weighted by Crippen LogP contribution is -2.54. The van der Waals surface area contributed by atoms with Crippen molar-refractivity contribution in [2.75, 3.05) is 39.3 Å². The van der Waals surface area contributed by atoms with Gasteiger partial charge in [-0.1, -0.05) is 23.7 Å². The first kappa shape index (κ1) is 37.7. The molecule has 0 aliphatic carbocycles. The molecule has 1 unspecified atom stereocenters. The van der Waals surface area contributed by atoms with Gasteiger partial charge in [-0.05, 0) is 62.6 Å². The fourth-order valence-electron chi connectivity index (χ4n) is 7.86. The van der Waals surface area contributed by atoms with Gasteiger partial charge < -0.3 is 5.32 Å². The third-order valence-electron chi connectivity index (χ3n) is 10.9. The van der Waals surface area contributed by atoms with E-state index in [1.165, 1.54) is 17.0 Å². The molecular formula is C39H39ClFN9O5S. The number of nitrogens with one attached hydrogen (secondary N) is 2. The topological polar surface area (TPSA) is 162 Å². The van der Waals surface area contributed by atoms with Crippen molar-refractivity contribution < 1.29 is 28.4 Å². The van der Waals surface area contributed by atoms with Crippen LogP contribution in [0.5, 0.6) is 0 Å². The minimum atomic E-state index is -1.16. The number of carbonyl (C=O) groups excluding carboxylic acids is 5. The number of thiophene rings is 1. The number of piperazine rings is 1. The Hall–Kier alpha value is -5.16. The SMILES string of the molecule is Cc1sc2c(c1C)C(c1ccc(Cl)cc1)=N[C@@H](CC(=O)NCCN1CCN(Cc3cc(F)c4c(c3)C(=O)N(C3CCC(=O)NC3=O)C4=O)CC1)c1nnc(C)n1-2. The third kappa shape index (κ3) is 6.95. The number of aliphatic imine (C=N–C) groups is 1. The number of piperidine rings is 1. The van der Waals surface area contributed by atoms with Crippen LogP contribution < -0.4 is 10.6 Å². The van der Waals surface area contributed by atoms with Gasteiger partial charge in [-0.15, -0.1) is 21.5 Å². The van der Waals surface area contributed by atoms with Crippen LogP contribution in [-0.2, 0) is 20.9 Å². The van der Waals surface area contributed by atoms with Gasteiger partial charge in [0.15, 0.2) is 5.82 Å². The molecule has 17 heteroatoms. The highest BCUT2D eigenvalue weighted by molar-refractivity contribution is 7.15. The van der Waals surface area contributed by atoms with Gasteiger partial charge in [0.05, 0.1) is 23.3 Å². The van der Waals surface area contributed by atoms with E-state index in [0.717, 1.165) is 38.1 Å². The second-order valence-electron chi connectivity index (χ2n) is 14.5. The second-order valence-corrected chi connectivity index (χ2v) is 16.2. The van der Waals surface area contributed by atoms with Crippen molar-refractivity contribution in [1.82, 2.24) is 40.1 Å². The number of rotatable bonds is 9. The van der Waals surface area contributed by atoms with E-state index in [9.17, 15) is 24.0 Å². The van der Waals surface area contributed by atoms with E-state index in [-0.39, 0.29) is 36.3 Å². The van der Waals surface area contributed by atoms with Gasteiger partial charge in [-0.25, -0.2) is 4.39 Å². The quantitative estimate of drug-likeness (QED) is 0.241. The largest absolute Gasteiger partial charge is 0.355 e. The molecule has 56 heavy (non-hydrogen) atoms. The van der Waals surface area contributed by atoms with Crippen molar-refractivity contribution in [2.24, 2.45) is 4.99 Å².